The molecule has 0 saturated heterocycles. The molecule has 0 bridgehead atoms. The van der Waals surface area contributed by atoms with Crippen LogP contribution < -0.4 is 19.1 Å². The lowest BCUT2D eigenvalue weighted by atomic mass is 10.1. The van der Waals surface area contributed by atoms with Crippen LogP contribution >= 0.6 is 0 Å². The summed E-state index contributed by atoms with van der Waals surface area (Å²) in [5, 5.41) is 2.84. The number of carbonyl (C=O) groups is 1. The van der Waals surface area contributed by atoms with Gasteiger partial charge in [0.25, 0.3) is 15.9 Å². The van der Waals surface area contributed by atoms with Crippen molar-refractivity contribution in [2.24, 2.45) is 0 Å². The molecule has 32 heavy (non-hydrogen) atoms. The second kappa shape index (κ2) is 9.74. The molecule has 168 valence electrons. The van der Waals surface area contributed by atoms with E-state index in [0.29, 0.717) is 28.3 Å². The first-order chi connectivity index (χ1) is 15.3. The Balaban J connectivity index is 1.86. The van der Waals surface area contributed by atoms with Gasteiger partial charge in [-0.25, -0.2) is 8.42 Å². The van der Waals surface area contributed by atoms with Gasteiger partial charge in [0.05, 0.1) is 24.8 Å². The first-order valence-corrected chi connectivity index (χ1v) is 11.4. The lowest BCUT2D eigenvalue weighted by Gasteiger charge is -2.22. The number of benzene rings is 3. The minimum Gasteiger partial charge on any atom is -0.497 e. The maximum Gasteiger partial charge on any atom is 0.264 e. The second-order valence-electron chi connectivity index (χ2n) is 7.16. The van der Waals surface area contributed by atoms with Crippen LogP contribution in [-0.2, 0) is 16.6 Å². The molecule has 0 fully saturated rings. The molecule has 0 aliphatic rings. The Bertz CT molecular complexity index is 1220. The van der Waals surface area contributed by atoms with Crippen molar-refractivity contribution in [2.75, 3.05) is 25.6 Å². The largest absolute Gasteiger partial charge is 0.497 e. The zero-order valence-corrected chi connectivity index (χ0v) is 19.3. The van der Waals surface area contributed by atoms with E-state index in [2.05, 4.69) is 5.32 Å². The summed E-state index contributed by atoms with van der Waals surface area (Å²) in [6.07, 6.45) is 0. The fraction of sp³-hybridized carbons (Fsp3) is 0.208. The Hall–Kier alpha value is -3.52. The summed E-state index contributed by atoms with van der Waals surface area (Å²) in [6, 6.07) is 18.7. The van der Waals surface area contributed by atoms with E-state index in [0.717, 1.165) is 9.87 Å². The Labute approximate surface area is 188 Å². The van der Waals surface area contributed by atoms with Crippen LogP contribution in [0.15, 0.2) is 71.6 Å². The molecule has 3 rings (SSSR count). The van der Waals surface area contributed by atoms with Gasteiger partial charge in [-0.1, -0.05) is 30.3 Å². The van der Waals surface area contributed by atoms with Gasteiger partial charge in [-0.2, -0.15) is 0 Å². The molecule has 0 saturated carbocycles. The van der Waals surface area contributed by atoms with Gasteiger partial charge in [0, 0.05) is 19.2 Å². The van der Waals surface area contributed by atoms with Crippen LogP contribution in [0.5, 0.6) is 11.5 Å². The number of nitrogens with one attached hydrogen (secondary N) is 1. The predicted octanol–water partition coefficient (Wildman–Crippen LogP) is 3.77. The molecule has 0 atom stereocenters. The van der Waals surface area contributed by atoms with E-state index in [-0.39, 0.29) is 17.3 Å². The highest BCUT2D eigenvalue weighted by Gasteiger charge is 2.25. The maximum absolute atomic E-state index is 13.3. The Morgan fingerprint density at radius 2 is 1.72 bits per heavy atom. The Morgan fingerprint density at radius 1 is 0.969 bits per heavy atom. The number of rotatable bonds is 8. The maximum atomic E-state index is 13.3. The number of hydrogen-bond acceptors (Lipinski definition) is 5. The van der Waals surface area contributed by atoms with Crippen molar-refractivity contribution in [1.82, 2.24) is 5.32 Å². The van der Waals surface area contributed by atoms with E-state index in [1.165, 1.54) is 26.3 Å². The van der Waals surface area contributed by atoms with E-state index in [1.807, 2.05) is 24.3 Å². The summed E-state index contributed by atoms with van der Waals surface area (Å²) in [4.78, 5) is 12.9. The van der Waals surface area contributed by atoms with Crippen LogP contribution in [0.3, 0.4) is 0 Å². The Kier molecular flexibility index (Phi) is 7.05. The van der Waals surface area contributed by atoms with Crippen LogP contribution in [0.1, 0.15) is 21.5 Å². The van der Waals surface area contributed by atoms with E-state index in [9.17, 15) is 13.2 Å². The van der Waals surface area contributed by atoms with E-state index >= 15 is 0 Å². The highest BCUT2D eigenvalue weighted by Crippen LogP contribution is 2.31. The third-order valence-electron chi connectivity index (χ3n) is 5.12. The molecule has 0 aliphatic carbocycles. The number of ether oxygens (including phenoxy) is 2. The average Bonchev–Trinajstić information content (AvgIpc) is 2.82. The monoisotopic (exact) mass is 454 g/mol. The number of hydrogen-bond donors (Lipinski definition) is 1. The van der Waals surface area contributed by atoms with Crippen LogP contribution in [0, 0.1) is 6.92 Å². The molecule has 7 nitrogen and oxygen atoms in total. The average molecular weight is 455 g/mol. The minimum atomic E-state index is -3.92. The number of methoxy groups -OCH3 is 2. The van der Waals surface area contributed by atoms with Crippen molar-refractivity contribution < 1.29 is 22.7 Å². The predicted molar refractivity (Wildman–Crippen MR) is 124 cm³/mol. The smallest absolute Gasteiger partial charge is 0.264 e. The summed E-state index contributed by atoms with van der Waals surface area (Å²) in [6.45, 7) is 2.05. The highest BCUT2D eigenvalue weighted by atomic mass is 32.2. The van der Waals surface area contributed by atoms with Crippen molar-refractivity contribution in [2.45, 2.75) is 18.4 Å². The zero-order valence-electron chi connectivity index (χ0n) is 18.5. The first kappa shape index (κ1) is 23.1. The number of aryl methyl sites for hydroxylation is 1. The molecular formula is C24H26N2O5S. The van der Waals surface area contributed by atoms with Gasteiger partial charge in [-0.05, 0) is 54.4 Å². The van der Waals surface area contributed by atoms with Crippen LogP contribution in [-0.4, -0.2) is 35.6 Å². The summed E-state index contributed by atoms with van der Waals surface area (Å²) in [5.74, 6) is 0.768. The molecule has 0 radical (unpaired) electrons. The molecule has 0 spiro atoms. The first-order valence-electron chi connectivity index (χ1n) is 9.91. The normalized spacial score (nSPS) is 11.0. The number of sulfonamides is 1. The van der Waals surface area contributed by atoms with Crippen LogP contribution in [0.2, 0.25) is 0 Å². The summed E-state index contributed by atoms with van der Waals surface area (Å²) in [7, 11) is 0.598. The summed E-state index contributed by atoms with van der Waals surface area (Å²) >= 11 is 0. The molecular weight excluding hydrogens is 428 g/mol. The van der Waals surface area contributed by atoms with Gasteiger partial charge < -0.3 is 14.8 Å². The molecule has 1 N–H and O–H groups in total. The number of para-hydroxylation sites is 2. The second-order valence-corrected chi connectivity index (χ2v) is 9.12. The van der Waals surface area contributed by atoms with Crippen molar-refractivity contribution >= 4 is 21.6 Å². The van der Waals surface area contributed by atoms with Gasteiger partial charge in [0.2, 0.25) is 0 Å². The van der Waals surface area contributed by atoms with Gasteiger partial charge in [0.15, 0.2) is 0 Å². The highest BCUT2D eigenvalue weighted by molar-refractivity contribution is 7.92. The lowest BCUT2D eigenvalue weighted by molar-refractivity contribution is 0.0950. The fourth-order valence-corrected chi connectivity index (χ4v) is 4.48. The summed E-state index contributed by atoms with van der Waals surface area (Å²) in [5.41, 5.74) is 2.24. The zero-order chi connectivity index (χ0) is 23.3. The number of carbonyl (C=O) groups excluding carboxylic acids is 1. The molecule has 3 aromatic rings. The molecule has 0 unspecified atom stereocenters. The molecule has 1 amide bonds. The van der Waals surface area contributed by atoms with E-state index in [1.54, 1.807) is 44.4 Å². The fourth-order valence-electron chi connectivity index (χ4n) is 3.24. The Morgan fingerprint density at radius 3 is 2.44 bits per heavy atom. The number of amides is 1. The lowest BCUT2D eigenvalue weighted by Crippen LogP contribution is -2.28. The van der Waals surface area contributed by atoms with Gasteiger partial charge in [-0.15, -0.1) is 0 Å². The third-order valence-corrected chi connectivity index (χ3v) is 6.89. The van der Waals surface area contributed by atoms with E-state index < -0.39 is 10.0 Å². The molecule has 0 heterocycles. The topological polar surface area (TPSA) is 84.9 Å². The minimum absolute atomic E-state index is 0.0167. The SMILES string of the molecule is COc1cccc(CNC(=O)c2cc(S(=O)(=O)N(C)c3ccccc3OC)ccc2C)c1. The van der Waals surface area contributed by atoms with Crippen LogP contribution in [0.4, 0.5) is 5.69 Å². The standard InChI is InChI=1S/C24H26N2O5S/c1-17-12-13-20(32(28,29)26(2)22-10-5-6-11-23(22)31-4)15-21(17)24(27)25-16-18-8-7-9-19(14-18)30-3/h5-15H,16H2,1-4H3,(H,25,27). The number of nitrogens with zero attached hydrogens (tertiary/aromatic N) is 1. The van der Waals surface area contributed by atoms with E-state index in [4.69, 9.17) is 9.47 Å². The molecule has 3 aromatic carbocycles. The van der Waals surface area contributed by atoms with Gasteiger partial charge >= 0.3 is 0 Å². The quantitative estimate of drug-likeness (QED) is 0.560. The third kappa shape index (κ3) is 4.86. The molecule has 0 aliphatic heterocycles. The van der Waals surface area contributed by atoms with Crippen LogP contribution in [0.25, 0.3) is 0 Å². The van der Waals surface area contributed by atoms with Crippen molar-refractivity contribution in [1.29, 1.82) is 0 Å². The van der Waals surface area contributed by atoms with Gasteiger partial charge in [0.1, 0.15) is 11.5 Å². The molecule has 8 heteroatoms. The summed E-state index contributed by atoms with van der Waals surface area (Å²) < 4.78 is 38.2. The van der Waals surface area contributed by atoms with Crippen molar-refractivity contribution in [3.8, 4) is 11.5 Å². The number of anilines is 1. The molecule has 0 aromatic heterocycles. The van der Waals surface area contributed by atoms with Crippen molar-refractivity contribution in [3.05, 3.63) is 83.4 Å². The van der Waals surface area contributed by atoms with Crippen molar-refractivity contribution in [3.63, 3.8) is 0 Å². The van der Waals surface area contributed by atoms with Gasteiger partial charge in [-0.3, -0.25) is 9.10 Å².